The normalized spacial score (nSPS) is 10.8. The summed E-state index contributed by atoms with van der Waals surface area (Å²) in [5.41, 5.74) is 1.63. The standard InChI is InChI=1S/C20H21N3O2S/c1-3-23(19(24)13-26-17-11-7-4-8-14(17)2)12-18-21-16-10-6-5-9-15(16)20(25)22-18/h4-11H,3,12-13H2,1-2H3,(H,21,22,25). The zero-order valence-corrected chi connectivity index (χ0v) is 15.7. The van der Waals surface area contributed by atoms with Crippen molar-refractivity contribution < 1.29 is 4.79 Å². The molecule has 0 atom stereocenters. The number of fused-ring (bicyclic) bond motifs is 1. The molecule has 1 aromatic heterocycles. The van der Waals surface area contributed by atoms with E-state index >= 15 is 0 Å². The summed E-state index contributed by atoms with van der Waals surface area (Å²) in [6.07, 6.45) is 0. The Morgan fingerprint density at radius 1 is 1.15 bits per heavy atom. The van der Waals surface area contributed by atoms with Gasteiger partial charge in [0, 0.05) is 11.4 Å². The summed E-state index contributed by atoms with van der Waals surface area (Å²) in [5, 5.41) is 0.556. The van der Waals surface area contributed by atoms with Crippen LogP contribution in [0.2, 0.25) is 0 Å². The second-order valence-corrected chi connectivity index (χ2v) is 7.01. The molecule has 0 unspecified atom stereocenters. The number of aromatic nitrogens is 2. The molecule has 3 rings (SSSR count). The number of hydrogen-bond donors (Lipinski definition) is 1. The fourth-order valence-electron chi connectivity index (χ4n) is 2.72. The Balaban J connectivity index is 1.72. The Bertz CT molecular complexity index is 984. The van der Waals surface area contributed by atoms with Gasteiger partial charge in [-0.3, -0.25) is 9.59 Å². The molecule has 0 bridgehead atoms. The van der Waals surface area contributed by atoms with Crippen molar-refractivity contribution >= 4 is 28.6 Å². The number of nitrogens with one attached hydrogen (secondary N) is 1. The maximum atomic E-state index is 12.6. The topological polar surface area (TPSA) is 66.1 Å². The van der Waals surface area contributed by atoms with Gasteiger partial charge in [0.05, 0.1) is 23.2 Å². The molecule has 26 heavy (non-hydrogen) atoms. The van der Waals surface area contributed by atoms with E-state index in [1.54, 1.807) is 17.0 Å². The molecule has 0 aliphatic heterocycles. The fourth-order valence-corrected chi connectivity index (χ4v) is 3.65. The molecule has 134 valence electrons. The number of thioether (sulfide) groups is 1. The van der Waals surface area contributed by atoms with Crippen LogP contribution >= 0.6 is 11.8 Å². The van der Waals surface area contributed by atoms with Crippen LogP contribution in [0, 0.1) is 6.92 Å². The van der Waals surface area contributed by atoms with Gasteiger partial charge in [-0.1, -0.05) is 30.3 Å². The summed E-state index contributed by atoms with van der Waals surface area (Å²) in [6, 6.07) is 15.2. The highest BCUT2D eigenvalue weighted by Crippen LogP contribution is 2.22. The summed E-state index contributed by atoms with van der Waals surface area (Å²) < 4.78 is 0. The first kappa shape index (κ1) is 18.2. The molecule has 0 aliphatic rings. The van der Waals surface area contributed by atoms with Crippen LogP contribution in [0.25, 0.3) is 10.9 Å². The summed E-state index contributed by atoms with van der Waals surface area (Å²) in [4.78, 5) is 34.9. The molecule has 0 fully saturated rings. The van der Waals surface area contributed by atoms with Crippen LogP contribution in [0.5, 0.6) is 0 Å². The van der Waals surface area contributed by atoms with Crippen molar-refractivity contribution in [1.29, 1.82) is 0 Å². The van der Waals surface area contributed by atoms with Crippen LogP contribution in [0.3, 0.4) is 0 Å². The third-order valence-corrected chi connectivity index (χ3v) is 5.34. The number of para-hydroxylation sites is 1. The molecular formula is C20H21N3O2S. The number of H-pyrrole nitrogens is 1. The van der Waals surface area contributed by atoms with Crippen molar-refractivity contribution in [2.24, 2.45) is 0 Å². The Morgan fingerprint density at radius 2 is 1.88 bits per heavy atom. The summed E-state index contributed by atoms with van der Waals surface area (Å²) in [5.74, 6) is 0.887. The van der Waals surface area contributed by atoms with Gasteiger partial charge in [-0.25, -0.2) is 4.98 Å². The van der Waals surface area contributed by atoms with Gasteiger partial charge in [0.15, 0.2) is 0 Å². The zero-order valence-electron chi connectivity index (χ0n) is 14.9. The van der Waals surface area contributed by atoms with Gasteiger partial charge < -0.3 is 9.88 Å². The minimum absolute atomic E-state index is 0.0246. The Kier molecular flexibility index (Phi) is 5.73. The number of benzene rings is 2. The highest BCUT2D eigenvalue weighted by atomic mass is 32.2. The van der Waals surface area contributed by atoms with Crippen LogP contribution in [-0.4, -0.2) is 33.1 Å². The average molecular weight is 367 g/mol. The average Bonchev–Trinajstić information content (AvgIpc) is 2.65. The number of rotatable bonds is 6. The monoisotopic (exact) mass is 367 g/mol. The number of nitrogens with zero attached hydrogens (tertiary/aromatic N) is 2. The third kappa shape index (κ3) is 4.14. The second-order valence-electron chi connectivity index (χ2n) is 5.99. The predicted octanol–water partition coefficient (Wildman–Crippen LogP) is 3.37. The Hall–Kier alpha value is -2.60. The van der Waals surface area contributed by atoms with Crippen LogP contribution < -0.4 is 5.56 Å². The summed E-state index contributed by atoms with van der Waals surface area (Å²) in [6.45, 7) is 4.82. The predicted molar refractivity (Wildman–Crippen MR) is 105 cm³/mol. The molecular weight excluding hydrogens is 346 g/mol. The first-order valence-corrected chi connectivity index (χ1v) is 9.51. The molecule has 1 heterocycles. The first-order valence-electron chi connectivity index (χ1n) is 8.52. The minimum Gasteiger partial charge on any atom is -0.335 e. The van der Waals surface area contributed by atoms with Gasteiger partial charge >= 0.3 is 0 Å². The molecule has 1 N–H and O–H groups in total. The number of carbonyl (C=O) groups excluding carboxylic acids is 1. The van der Waals surface area contributed by atoms with E-state index in [9.17, 15) is 9.59 Å². The lowest BCUT2D eigenvalue weighted by Gasteiger charge is -2.20. The largest absolute Gasteiger partial charge is 0.335 e. The third-order valence-electron chi connectivity index (χ3n) is 4.18. The van der Waals surface area contributed by atoms with Gasteiger partial charge in [-0.15, -0.1) is 11.8 Å². The van der Waals surface area contributed by atoms with Gasteiger partial charge in [-0.2, -0.15) is 0 Å². The maximum absolute atomic E-state index is 12.6. The van der Waals surface area contributed by atoms with E-state index in [-0.39, 0.29) is 11.5 Å². The highest BCUT2D eigenvalue weighted by Gasteiger charge is 2.15. The molecule has 0 radical (unpaired) electrons. The SMILES string of the molecule is CCN(Cc1nc2ccccc2c(=O)[nH]1)C(=O)CSc1ccccc1C. The molecule has 0 spiro atoms. The van der Waals surface area contributed by atoms with Gasteiger partial charge in [0.2, 0.25) is 5.91 Å². The van der Waals surface area contributed by atoms with E-state index in [0.29, 0.717) is 35.6 Å². The van der Waals surface area contributed by atoms with E-state index in [4.69, 9.17) is 0 Å². The van der Waals surface area contributed by atoms with Crippen molar-refractivity contribution in [2.45, 2.75) is 25.3 Å². The fraction of sp³-hybridized carbons (Fsp3) is 0.250. The Labute approximate surface area is 156 Å². The number of amides is 1. The minimum atomic E-state index is -0.177. The van der Waals surface area contributed by atoms with Gasteiger partial charge in [0.1, 0.15) is 5.82 Å². The Morgan fingerprint density at radius 3 is 2.65 bits per heavy atom. The number of aryl methyl sites for hydroxylation is 1. The lowest BCUT2D eigenvalue weighted by molar-refractivity contribution is -0.128. The lowest BCUT2D eigenvalue weighted by Crippen LogP contribution is -2.33. The quantitative estimate of drug-likeness (QED) is 0.679. The van der Waals surface area contributed by atoms with Crippen molar-refractivity contribution in [3.63, 3.8) is 0 Å². The first-order chi connectivity index (χ1) is 12.6. The highest BCUT2D eigenvalue weighted by molar-refractivity contribution is 8.00. The van der Waals surface area contributed by atoms with Crippen molar-refractivity contribution in [3.05, 3.63) is 70.3 Å². The molecule has 0 saturated heterocycles. The number of hydrogen-bond acceptors (Lipinski definition) is 4. The van der Waals surface area contributed by atoms with Crippen LogP contribution in [0.15, 0.2) is 58.2 Å². The van der Waals surface area contributed by atoms with Gasteiger partial charge in [0.25, 0.3) is 5.56 Å². The van der Waals surface area contributed by atoms with Crippen molar-refractivity contribution in [1.82, 2.24) is 14.9 Å². The molecule has 0 saturated carbocycles. The molecule has 3 aromatic rings. The van der Waals surface area contributed by atoms with Crippen molar-refractivity contribution in [2.75, 3.05) is 12.3 Å². The second kappa shape index (κ2) is 8.19. The van der Waals surface area contributed by atoms with E-state index in [2.05, 4.69) is 9.97 Å². The zero-order chi connectivity index (χ0) is 18.5. The maximum Gasteiger partial charge on any atom is 0.258 e. The van der Waals surface area contributed by atoms with Crippen LogP contribution in [-0.2, 0) is 11.3 Å². The number of aromatic amines is 1. The van der Waals surface area contributed by atoms with E-state index in [1.807, 2.05) is 50.2 Å². The summed E-state index contributed by atoms with van der Waals surface area (Å²) in [7, 11) is 0. The molecule has 5 nitrogen and oxygen atoms in total. The summed E-state index contributed by atoms with van der Waals surface area (Å²) >= 11 is 1.53. The molecule has 1 amide bonds. The number of carbonyl (C=O) groups is 1. The molecule has 6 heteroatoms. The van der Waals surface area contributed by atoms with Gasteiger partial charge in [-0.05, 0) is 37.6 Å². The van der Waals surface area contributed by atoms with E-state index < -0.39 is 0 Å². The van der Waals surface area contributed by atoms with Crippen LogP contribution in [0.1, 0.15) is 18.3 Å². The molecule has 0 aliphatic carbocycles. The van der Waals surface area contributed by atoms with Crippen molar-refractivity contribution in [3.8, 4) is 0 Å². The molecule has 2 aromatic carbocycles. The van der Waals surface area contributed by atoms with E-state index in [1.165, 1.54) is 11.8 Å². The van der Waals surface area contributed by atoms with Crippen LogP contribution in [0.4, 0.5) is 0 Å². The lowest BCUT2D eigenvalue weighted by atomic mass is 10.2. The smallest absolute Gasteiger partial charge is 0.258 e. The van der Waals surface area contributed by atoms with E-state index in [0.717, 1.165) is 10.5 Å².